The van der Waals surface area contributed by atoms with Gasteiger partial charge in [0.25, 0.3) is 5.91 Å². The molecule has 0 spiro atoms. The largest absolute Gasteiger partial charge is 0.497 e. The molecule has 4 N–H and O–H groups in total. The summed E-state index contributed by atoms with van der Waals surface area (Å²) in [5, 5.41) is 19.6. The van der Waals surface area contributed by atoms with E-state index in [9.17, 15) is 14.7 Å². The SMILES string of the molecule is COc1ccc(CN2Cc3nc(NC4CCCCC4(NC(=O)O)C(C)(C)C)nc(Nc4cccc(C)c4)c3C2=O)c(OC)c1. The van der Waals surface area contributed by atoms with Crippen LogP contribution in [0.4, 0.5) is 22.2 Å². The lowest BCUT2D eigenvalue weighted by Gasteiger charge is -2.52. The molecule has 2 heterocycles. The highest BCUT2D eigenvalue weighted by Gasteiger charge is 2.51. The van der Waals surface area contributed by atoms with Crippen molar-refractivity contribution in [1.82, 2.24) is 20.2 Å². The average Bonchev–Trinajstić information content (AvgIpc) is 3.28. The molecule has 2 atom stereocenters. The van der Waals surface area contributed by atoms with E-state index in [-0.39, 0.29) is 23.9 Å². The molecule has 2 aromatic carbocycles. The summed E-state index contributed by atoms with van der Waals surface area (Å²) in [6.45, 7) is 8.77. The van der Waals surface area contributed by atoms with E-state index in [1.165, 1.54) is 0 Å². The number of benzene rings is 2. The Balaban J connectivity index is 1.52. The van der Waals surface area contributed by atoms with Crippen molar-refractivity contribution in [1.29, 1.82) is 0 Å². The molecule has 0 saturated heterocycles. The second-order valence-corrected chi connectivity index (χ2v) is 12.6. The van der Waals surface area contributed by atoms with Crippen molar-refractivity contribution >= 4 is 29.5 Å². The van der Waals surface area contributed by atoms with Gasteiger partial charge in [-0.15, -0.1) is 0 Å². The lowest BCUT2D eigenvalue weighted by atomic mass is 9.63. The maximum Gasteiger partial charge on any atom is 0.405 e. The van der Waals surface area contributed by atoms with Crippen molar-refractivity contribution < 1.29 is 24.2 Å². The highest BCUT2D eigenvalue weighted by atomic mass is 16.5. The molecule has 11 nitrogen and oxygen atoms in total. The maximum atomic E-state index is 13.9. The van der Waals surface area contributed by atoms with E-state index >= 15 is 0 Å². The third kappa shape index (κ3) is 6.09. The molecule has 2 unspecified atom stereocenters. The number of fused-ring (bicyclic) bond motifs is 1. The van der Waals surface area contributed by atoms with Crippen LogP contribution in [0, 0.1) is 12.3 Å². The van der Waals surface area contributed by atoms with Gasteiger partial charge in [0.2, 0.25) is 5.95 Å². The second-order valence-electron chi connectivity index (χ2n) is 12.6. The van der Waals surface area contributed by atoms with Gasteiger partial charge in [-0.1, -0.05) is 45.7 Å². The maximum absolute atomic E-state index is 13.9. The number of rotatable bonds is 9. The molecule has 1 saturated carbocycles. The Hall–Kier alpha value is -4.54. The molecule has 2 aliphatic rings. The normalized spacial score (nSPS) is 19.7. The van der Waals surface area contributed by atoms with Crippen LogP contribution in [0.1, 0.15) is 73.6 Å². The number of aromatic nitrogens is 2. The zero-order valence-electron chi connectivity index (χ0n) is 26.3. The quantitative estimate of drug-likeness (QED) is 0.229. The number of carbonyl (C=O) groups is 2. The Kier molecular flexibility index (Phi) is 8.58. The Morgan fingerprint density at radius 1 is 1.11 bits per heavy atom. The Morgan fingerprint density at radius 3 is 2.59 bits per heavy atom. The van der Waals surface area contributed by atoms with Gasteiger partial charge in [-0.25, -0.2) is 9.78 Å². The van der Waals surface area contributed by atoms with Crippen LogP contribution in [-0.4, -0.2) is 57.8 Å². The second kappa shape index (κ2) is 12.2. The fraction of sp³-hybridized carbons (Fsp3) is 0.455. The minimum absolute atomic E-state index is 0.186. The third-order valence-corrected chi connectivity index (χ3v) is 8.84. The van der Waals surface area contributed by atoms with Crippen LogP contribution in [0.3, 0.4) is 0 Å². The first kappa shape index (κ1) is 30.9. The van der Waals surface area contributed by atoms with Crippen LogP contribution in [0.5, 0.6) is 11.5 Å². The Labute approximate surface area is 258 Å². The minimum Gasteiger partial charge on any atom is -0.497 e. The number of aryl methyl sites for hydroxylation is 1. The molecule has 1 aliphatic heterocycles. The number of ether oxygens (including phenoxy) is 2. The van der Waals surface area contributed by atoms with Gasteiger partial charge in [0.05, 0.1) is 44.6 Å². The molecule has 0 bridgehead atoms. The molecule has 44 heavy (non-hydrogen) atoms. The van der Waals surface area contributed by atoms with Gasteiger partial charge in [-0.05, 0) is 55.0 Å². The zero-order chi connectivity index (χ0) is 31.6. The number of nitrogens with one attached hydrogen (secondary N) is 3. The van der Waals surface area contributed by atoms with Gasteiger partial charge in [0, 0.05) is 17.3 Å². The number of amides is 2. The van der Waals surface area contributed by atoms with Crippen LogP contribution in [0.15, 0.2) is 42.5 Å². The summed E-state index contributed by atoms with van der Waals surface area (Å²) in [5.74, 6) is 1.86. The first-order valence-electron chi connectivity index (χ1n) is 15.0. The van der Waals surface area contributed by atoms with Gasteiger partial charge >= 0.3 is 6.09 Å². The smallest absolute Gasteiger partial charge is 0.405 e. The van der Waals surface area contributed by atoms with E-state index in [1.54, 1.807) is 25.2 Å². The van der Waals surface area contributed by atoms with Crippen molar-refractivity contribution in [2.45, 2.75) is 78.0 Å². The molecule has 234 valence electrons. The number of carboxylic acid groups (broad SMARTS) is 1. The van der Waals surface area contributed by atoms with Gasteiger partial charge in [0.1, 0.15) is 22.9 Å². The number of methoxy groups -OCH3 is 2. The molecule has 2 amide bonds. The first-order valence-corrected chi connectivity index (χ1v) is 15.0. The minimum atomic E-state index is -1.06. The van der Waals surface area contributed by atoms with E-state index < -0.39 is 11.6 Å². The summed E-state index contributed by atoms with van der Waals surface area (Å²) in [4.78, 5) is 37.3. The van der Waals surface area contributed by atoms with Crippen LogP contribution in [0.2, 0.25) is 0 Å². The molecular weight excluding hydrogens is 560 g/mol. The molecule has 5 rings (SSSR count). The van der Waals surface area contributed by atoms with Crippen molar-refractivity contribution in [3.8, 4) is 11.5 Å². The number of nitrogens with zero attached hydrogens (tertiary/aromatic N) is 3. The standard InChI is InChI=1S/C33H42N6O5/c1-20-10-9-11-22(16-20)34-28-27-24(19-39(29(27)40)18-21-13-14-23(43-5)17-25(21)44-6)35-30(37-28)36-26-12-7-8-15-33(26,32(2,3)4)38-31(41)42/h9-11,13-14,16-17,26,38H,7-8,12,15,18-19H2,1-6H3,(H,41,42)(H2,34,35,36,37). The fourth-order valence-corrected chi connectivity index (χ4v) is 6.54. The summed E-state index contributed by atoms with van der Waals surface area (Å²) >= 11 is 0. The Morgan fingerprint density at radius 2 is 1.91 bits per heavy atom. The van der Waals surface area contributed by atoms with Crippen molar-refractivity contribution in [2.24, 2.45) is 5.41 Å². The summed E-state index contributed by atoms with van der Waals surface area (Å²) in [7, 11) is 3.19. The molecule has 1 aliphatic carbocycles. The summed E-state index contributed by atoms with van der Waals surface area (Å²) in [5.41, 5.74) is 2.59. The van der Waals surface area contributed by atoms with Crippen LogP contribution in [-0.2, 0) is 13.1 Å². The summed E-state index contributed by atoms with van der Waals surface area (Å²) in [6, 6.07) is 13.1. The first-order chi connectivity index (χ1) is 20.9. The van der Waals surface area contributed by atoms with Crippen molar-refractivity contribution in [2.75, 3.05) is 24.9 Å². The van der Waals surface area contributed by atoms with E-state index in [0.29, 0.717) is 47.5 Å². The van der Waals surface area contributed by atoms with Crippen molar-refractivity contribution in [3.63, 3.8) is 0 Å². The van der Waals surface area contributed by atoms with Gasteiger partial charge in [-0.2, -0.15) is 4.98 Å². The van der Waals surface area contributed by atoms with Crippen LogP contribution >= 0.6 is 0 Å². The summed E-state index contributed by atoms with van der Waals surface area (Å²) < 4.78 is 10.9. The lowest BCUT2D eigenvalue weighted by molar-refractivity contribution is 0.0719. The van der Waals surface area contributed by atoms with E-state index in [4.69, 9.17) is 19.4 Å². The molecule has 1 fully saturated rings. The Bertz CT molecular complexity index is 1550. The fourth-order valence-electron chi connectivity index (χ4n) is 6.54. The third-order valence-electron chi connectivity index (χ3n) is 8.84. The molecular formula is C33H42N6O5. The summed E-state index contributed by atoms with van der Waals surface area (Å²) in [6.07, 6.45) is 2.25. The molecule has 1 aromatic heterocycles. The molecule has 0 radical (unpaired) electrons. The number of carbonyl (C=O) groups excluding carboxylic acids is 1. The van der Waals surface area contributed by atoms with Gasteiger partial charge < -0.3 is 35.4 Å². The topological polar surface area (TPSA) is 138 Å². The monoisotopic (exact) mass is 602 g/mol. The van der Waals surface area contributed by atoms with E-state index in [2.05, 4.69) is 36.7 Å². The number of anilines is 3. The molecule has 11 heteroatoms. The highest BCUT2D eigenvalue weighted by molar-refractivity contribution is 6.03. The van der Waals surface area contributed by atoms with E-state index in [1.807, 2.05) is 43.3 Å². The van der Waals surface area contributed by atoms with Gasteiger partial charge in [-0.3, -0.25) is 4.79 Å². The highest BCUT2D eigenvalue weighted by Crippen LogP contribution is 2.43. The number of hydrogen-bond acceptors (Lipinski definition) is 8. The van der Waals surface area contributed by atoms with Crippen LogP contribution in [0.25, 0.3) is 0 Å². The average molecular weight is 603 g/mol. The van der Waals surface area contributed by atoms with Gasteiger partial charge in [0.15, 0.2) is 0 Å². The number of hydrogen-bond donors (Lipinski definition) is 4. The zero-order valence-corrected chi connectivity index (χ0v) is 26.3. The predicted molar refractivity (Wildman–Crippen MR) is 169 cm³/mol. The predicted octanol–water partition coefficient (Wildman–Crippen LogP) is 6.11. The molecule has 3 aromatic rings. The van der Waals surface area contributed by atoms with E-state index in [0.717, 1.165) is 36.1 Å². The van der Waals surface area contributed by atoms with Crippen molar-refractivity contribution in [3.05, 3.63) is 64.8 Å². The van der Waals surface area contributed by atoms with Crippen LogP contribution < -0.4 is 25.4 Å². The lowest BCUT2D eigenvalue weighted by Crippen LogP contribution is -2.67.